The van der Waals surface area contributed by atoms with Crippen molar-refractivity contribution in [1.29, 1.82) is 0 Å². The highest BCUT2D eigenvalue weighted by Gasteiger charge is 2.31. The van der Waals surface area contributed by atoms with Crippen LogP contribution in [0.25, 0.3) is 0 Å². The minimum atomic E-state index is 0.773. The van der Waals surface area contributed by atoms with E-state index in [0.717, 1.165) is 12.0 Å². The Labute approximate surface area is 79.2 Å². The summed E-state index contributed by atoms with van der Waals surface area (Å²) in [4.78, 5) is 0. The maximum atomic E-state index is 3.60. The summed E-state index contributed by atoms with van der Waals surface area (Å²) >= 11 is 0. The summed E-state index contributed by atoms with van der Waals surface area (Å²) in [5.74, 6) is 0.912. The van der Waals surface area contributed by atoms with Gasteiger partial charge in [-0.15, -0.1) is 0 Å². The first kappa shape index (κ1) is 7.57. The summed E-state index contributed by atoms with van der Waals surface area (Å²) in [7, 11) is 0. The summed E-state index contributed by atoms with van der Waals surface area (Å²) in [5.41, 5.74) is 3.16. The molecular weight excluding hydrogens is 158 g/mol. The fourth-order valence-electron chi connectivity index (χ4n) is 2.78. The molecule has 1 aromatic rings. The van der Waals surface area contributed by atoms with Gasteiger partial charge in [-0.3, -0.25) is 0 Å². The highest BCUT2D eigenvalue weighted by atomic mass is 15.0. The Morgan fingerprint density at radius 3 is 2.69 bits per heavy atom. The van der Waals surface area contributed by atoms with Crippen LogP contribution in [0.5, 0.6) is 0 Å². The van der Waals surface area contributed by atoms with Crippen molar-refractivity contribution in [3.8, 4) is 0 Å². The van der Waals surface area contributed by atoms with Crippen LogP contribution in [0.2, 0.25) is 0 Å². The molecule has 1 N–H and O–H groups in total. The smallest absolute Gasteiger partial charge is 0.0139 e. The summed E-state index contributed by atoms with van der Waals surface area (Å²) < 4.78 is 0. The molecule has 68 valence electrons. The normalized spacial score (nSPS) is 31.1. The zero-order valence-electron chi connectivity index (χ0n) is 7.79. The average molecular weight is 173 g/mol. The van der Waals surface area contributed by atoms with Gasteiger partial charge in [0.15, 0.2) is 0 Å². The van der Waals surface area contributed by atoms with Crippen LogP contribution < -0.4 is 5.32 Å². The molecule has 1 heterocycles. The lowest BCUT2D eigenvalue weighted by Crippen LogP contribution is -2.33. The van der Waals surface area contributed by atoms with E-state index in [9.17, 15) is 0 Å². The lowest BCUT2D eigenvalue weighted by atomic mass is 9.81. The molecule has 0 saturated carbocycles. The van der Waals surface area contributed by atoms with Crippen LogP contribution in [0, 0.1) is 5.92 Å². The molecule has 1 aliphatic carbocycles. The summed E-state index contributed by atoms with van der Waals surface area (Å²) in [5, 5.41) is 3.60. The molecule has 1 nitrogen and oxygen atoms in total. The van der Waals surface area contributed by atoms with Crippen molar-refractivity contribution in [3.05, 3.63) is 35.4 Å². The van der Waals surface area contributed by atoms with Gasteiger partial charge in [0.25, 0.3) is 0 Å². The molecule has 1 saturated heterocycles. The zero-order chi connectivity index (χ0) is 8.67. The number of fused-ring (bicyclic) bond motifs is 2. The van der Waals surface area contributed by atoms with Gasteiger partial charge in [-0.2, -0.15) is 0 Å². The van der Waals surface area contributed by atoms with E-state index in [0.29, 0.717) is 0 Å². The Bertz CT molecular complexity index is 288. The Morgan fingerprint density at radius 2 is 1.85 bits per heavy atom. The quantitative estimate of drug-likeness (QED) is 0.630. The van der Waals surface area contributed by atoms with E-state index in [2.05, 4.69) is 29.6 Å². The molecule has 1 fully saturated rings. The summed E-state index contributed by atoms with van der Waals surface area (Å²) in [6.45, 7) is 1.23. The van der Waals surface area contributed by atoms with Gasteiger partial charge in [-0.05, 0) is 42.9 Å². The first-order valence-electron chi connectivity index (χ1n) is 5.23. The number of rotatable bonds is 0. The minimum Gasteiger partial charge on any atom is -0.313 e. The molecule has 1 aromatic carbocycles. The molecule has 0 bridgehead atoms. The molecule has 0 spiro atoms. The Kier molecular flexibility index (Phi) is 1.66. The van der Waals surface area contributed by atoms with Crippen molar-refractivity contribution in [2.24, 2.45) is 5.92 Å². The lowest BCUT2D eigenvalue weighted by Gasteiger charge is -2.27. The monoisotopic (exact) mass is 173 g/mol. The Hall–Kier alpha value is -0.820. The standard InChI is InChI=1S/C12H15N/c1-2-4-10-8-12-11(5-6-13-12)7-9(10)3-1/h1-4,11-13H,5-8H2. The van der Waals surface area contributed by atoms with Crippen LogP contribution >= 0.6 is 0 Å². The van der Waals surface area contributed by atoms with Crippen LogP contribution in [0.1, 0.15) is 17.5 Å². The second-order valence-corrected chi connectivity index (χ2v) is 4.29. The van der Waals surface area contributed by atoms with E-state index in [4.69, 9.17) is 0 Å². The predicted molar refractivity (Wildman–Crippen MR) is 53.7 cm³/mol. The van der Waals surface area contributed by atoms with Gasteiger partial charge < -0.3 is 5.32 Å². The van der Waals surface area contributed by atoms with Gasteiger partial charge in [-0.25, -0.2) is 0 Å². The largest absolute Gasteiger partial charge is 0.313 e. The van der Waals surface area contributed by atoms with Gasteiger partial charge in [0.1, 0.15) is 0 Å². The molecule has 2 unspecified atom stereocenters. The van der Waals surface area contributed by atoms with E-state index in [1.807, 2.05) is 0 Å². The predicted octanol–water partition coefficient (Wildman–Crippen LogP) is 1.76. The molecule has 13 heavy (non-hydrogen) atoms. The van der Waals surface area contributed by atoms with Crippen molar-refractivity contribution in [1.82, 2.24) is 5.32 Å². The SMILES string of the molecule is c1ccc2c(c1)CC1CCNC1C2. The van der Waals surface area contributed by atoms with E-state index >= 15 is 0 Å². The topological polar surface area (TPSA) is 12.0 Å². The van der Waals surface area contributed by atoms with Crippen LogP contribution in [-0.2, 0) is 12.8 Å². The van der Waals surface area contributed by atoms with Crippen LogP contribution in [0.4, 0.5) is 0 Å². The fourth-order valence-corrected chi connectivity index (χ4v) is 2.78. The number of benzene rings is 1. The third-order valence-electron chi connectivity index (χ3n) is 3.53. The minimum absolute atomic E-state index is 0.773. The average Bonchev–Trinajstić information content (AvgIpc) is 2.61. The molecule has 1 aliphatic heterocycles. The fraction of sp³-hybridized carbons (Fsp3) is 0.500. The second-order valence-electron chi connectivity index (χ2n) is 4.29. The van der Waals surface area contributed by atoms with Gasteiger partial charge >= 0.3 is 0 Å². The molecule has 2 atom stereocenters. The first-order valence-corrected chi connectivity index (χ1v) is 5.23. The highest BCUT2D eigenvalue weighted by molar-refractivity contribution is 5.31. The van der Waals surface area contributed by atoms with E-state index in [-0.39, 0.29) is 0 Å². The molecule has 1 heteroatoms. The maximum absolute atomic E-state index is 3.60. The van der Waals surface area contributed by atoms with Crippen LogP contribution in [-0.4, -0.2) is 12.6 Å². The van der Waals surface area contributed by atoms with Crippen LogP contribution in [0.15, 0.2) is 24.3 Å². The number of nitrogens with one attached hydrogen (secondary N) is 1. The summed E-state index contributed by atoms with van der Waals surface area (Å²) in [6, 6.07) is 9.68. The lowest BCUT2D eigenvalue weighted by molar-refractivity contribution is 0.418. The van der Waals surface area contributed by atoms with Gasteiger partial charge in [0, 0.05) is 6.04 Å². The summed E-state index contributed by atoms with van der Waals surface area (Å²) in [6.07, 6.45) is 3.92. The zero-order valence-corrected chi connectivity index (χ0v) is 7.79. The van der Waals surface area contributed by atoms with E-state index < -0.39 is 0 Å². The molecular formula is C12H15N. The maximum Gasteiger partial charge on any atom is 0.0139 e. The van der Waals surface area contributed by atoms with Gasteiger partial charge in [-0.1, -0.05) is 24.3 Å². The molecule has 3 rings (SSSR count). The van der Waals surface area contributed by atoms with Crippen molar-refractivity contribution >= 4 is 0 Å². The number of hydrogen-bond donors (Lipinski definition) is 1. The second kappa shape index (κ2) is 2.85. The van der Waals surface area contributed by atoms with Crippen molar-refractivity contribution < 1.29 is 0 Å². The molecule has 0 radical (unpaired) electrons. The van der Waals surface area contributed by atoms with Crippen LogP contribution in [0.3, 0.4) is 0 Å². The van der Waals surface area contributed by atoms with Gasteiger partial charge in [0.2, 0.25) is 0 Å². The third kappa shape index (κ3) is 1.19. The number of hydrogen-bond acceptors (Lipinski definition) is 1. The van der Waals surface area contributed by atoms with E-state index in [1.54, 1.807) is 11.1 Å². The first-order chi connectivity index (χ1) is 6.43. The van der Waals surface area contributed by atoms with Gasteiger partial charge in [0.05, 0.1) is 0 Å². The van der Waals surface area contributed by atoms with Crippen molar-refractivity contribution in [2.75, 3.05) is 6.54 Å². The Morgan fingerprint density at radius 1 is 1.08 bits per heavy atom. The van der Waals surface area contributed by atoms with Crippen molar-refractivity contribution in [3.63, 3.8) is 0 Å². The van der Waals surface area contributed by atoms with E-state index in [1.165, 1.54) is 25.8 Å². The molecule has 0 aromatic heterocycles. The molecule has 0 amide bonds. The third-order valence-corrected chi connectivity index (χ3v) is 3.53. The highest BCUT2D eigenvalue weighted by Crippen LogP contribution is 2.30. The van der Waals surface area contributed by atoms with Crippen molar-refractivity contribution in [2.45, 2.75) is 25.3 Å². The molecule has 2 aliphatic rings. The Balaban J connectivity index is 1.97.